The lowest BCUT2D eigenvalue weighted by Crippen LogP contribution is -2.34. The van der Waals surface area contributed by atoms with Crippen LogP contribution in [0.5, 0.6) is 0 Å². The topological polar surface area (TPSA) is 25.2 Å². The summed E-state index contributed by atoms with van der Waals surface area (Å²) >= 11 is 0. The molecular weight excluding hydrogens is 267 g/mol. The Bertz CT molecular complexity index is 380. The van der Waals surface area contributed by atoms with Gasteiger partial charge in [0.1, 0.15) is 0 Å². The minimum atomic E-state index is -4.03. The standard InChI is InChI=1S/C15H22F3NO/c1-2-8-19-14(12-7-9-20-10-12)11-3-5-13(6-4-11)15(16,17)18/h7,9-11,13-14,19H,2-6,8H2,1H3. The molecule has 1 aromatic heterocycles. The van der Waals surface area contributed by atoms with E-state index < -0.39 is 12.1 Å². The summed E-state index contributed by atoms with van der Waals surface area (Å²) in [6.45, 7) is 2.95. The maximum Gasteiger partial charge on any atom is 0.391 e. The molecule has 0 spiro atoms. The first kappa shape index (κ1) is 15.4. The molecule has 1 fully saturated rings. The molecular formula is C15H22F3NO. The molecule has 1 unspecified atom stereocenters. The second-order valence-corrected chi connectivity index (χ2v) is 5.64. The fraction of sp³-hybridized carbons (Fsp3) is 0.733. The molecule has 1 aliphatic rings. The van der Waals surface area contributed by atoms with Gasteiger partial charge >= 0.3 is 6.18 Å². The minimum Gasteiger partial charge on any atom is -0.472 e. The van der Waals surface area contributed by atoms with E-state index in [1.165, 1.54) is 0 Å². The van der Waals surface area contributed by atoms with Crippen LogP contribution < -0.4 is 5.32 Å². The molecule has 1 heterocycles. The summed E-state index contributed by atoms with van der Waals surface area (Å²) in [7, 11) is 0. The Labute approximate surface area is 117 Å². The third kappa shape index (κ3) is 3.78. The van der Waals surface area contributed by atoms with Crippen LogP contribution in [0.4, 0.5) is 13.2 Å². The van der Waals surface area contributed by atoms with Crippen molar-refractivity contribution in [3.05, 3.63) is 24.2 Å². The predicted molar refractivity (Wildman–Crippen MR) is 71.2 cm³/mol. The molecule has 1 N–H and O–H groups in total. The number of hydrogen-bond donors (Lipinski definition) is 1. The molecule has 20 heavy (non-hydrogen) atoms. The van der Waals surface area contributed by atoms with E-state index in [1.807, 2.05) is 6.07 Å². The van der Waals surface area contributed by atoms with E-state index >= 15 is 0 Å². The van der Waals surface area contributed by atoms with Gasteiger partial charge in [0.05, 0.1) is 18.4 Å². The smallest absolute Gasteiger partial charge is 0.391 e. The fourth-order valence-electron chi connectivity index (χ4n) is 3.09. The predicted octanol–water partition coefficient (Wildman–Crippen LogP) is 4.69. The molecule has 2 nitrogen and oxygen atoms in total. The van der Waals surface area contributed by atoms with Crippen LogP contribution in [-0.2, 0) is 0 Å². The summed E-state index contributed by atoms with van der Waals surface area (Å²) in [5, 5.41) is 3.45. The highest BCUT2D eigenvalue weighted by Gasteiger charge is 2.42. The van der Waals surface area contributed by atoms with Gasteiger partial charge in [0.25, 0.3) is 0 Å². The first-order chi connectivity index (χ1) is 9.52. The molecule has 1 aliphatic carbocycles. The average molecular weight is 289 g/mol. The number of rotatable bonds is 5. The van der Waals surface area contributed by atoms with Crippen molar-refractivity contribution in [1.29, 1.82) is 0 Å². The van der Waals surface area contributed by atoms with Crippen LogP contribution in [0.15, 0.2) is 23.0 Å². The Morgan fingerprint density at radius 1 is 1.30 bits per heavy atom. The van der Waals surface area contributed by atoms with Crippen molar-refractivity contribution in [3.63, 3.8) is 0 Å². The molecule has 1 saturated carbocycles. The fourth-order valence-corrected chi connectivity index (χ4v) is 3.09. The highest BCUT2D eigenvalue weighted by atomic mass is 19.4. The van der Waals surface area contributed by atoms with E-state index in [2.05, 4.69) is 12.2 Å². The molecule has 0 bridgehead atoms. The van der Waals surface area contributed by atoms with Crippen LogP contribution in [-0.4, -0.2) is 12.7 Å². The maximum atomic E-state index is 12.7. The average Bonchev–Trinajstić information content (AvgIpc) is 2.93. The maximum absolute atomic E-state index is 12.7. The Hall–Kier alpha value is -0.970. The number of alkyl halides is 3. The number of halogens is 3. The van der Waals surface area contributed by atoms with E-state index in [9.17, 15) is 13.2 Å². The Kier molecular flexibility index (Phi) is 5.13. The van der Waals surface area contributed by atoms with Gasteiger partial charge in [-0.15, -0.1) is 0 Å². The summed E-state index contributed by atoms with van der Waals surface area (Å²) in [6.07, 6.45) is 2.03. The van der Waals surface area contributed by atoms with E-state index in [0.717, 1.165) is 18.5 Å². The number of furan rings is 1. The van der Waals surface area contributed by atoms with E-state index in [-0.39, 0.29) is 24.8 Å². The molecule has 1 atom stereocenters. The van der Waals surface area contributed by atoms with Gasteiger partial charge in [0.15, 0.2) is 0 Å². The van der Waals surface area contributed by atoms with Crippen molar-refractivity contribution in [1.82, 2.24) is 5.32 Å². The van der Waals surface area contributed by atoms with E-state index in [0.29, 0.717) is 12.8 Å². The van der Waals surface area contributed by atoms with Gasteiger partial charge < -0.3 is 9.73 Å². The van der Waals surface area contributed by atoms with E-state index in [1.54, 1.807) is 12.5 Å². The summed E-state index contributed by atoms with van der Waals surface area (Å²) in [5.41, 5.74) is 1.05. The van der Waals surface area contributed by atoms with Crippen LogP contribution in [0.2, 0.25) is 0 Å². The zero-order valence-electron chi connectivity index (χ0n) is 11.7. The van der Waals surface area contributed by atoms with Gasteiger partial charge in [-0.05, 0) is 50.6 Å². The minimum absolute atomic E-state index is 0.114. The van der Waals surface area contributed by atoms with Crippen molar-refractivity contribution in [3.8, 4) is 0 Å². The van der Waals surface area contributed by atoms with Crippen molar-refractivity contribution in [2.75, 3.05) is 6.54 Å². The first-order valence-corrected chi connectivity index (χ1v) is 7.34. The Morgan fingerprint density at radius 2 is 2.00 bits per heavy atom. The summed E-state index contributed by atoms with van der Waals surface area (Å²) < 4.78 is 43.3. The largest absolute Gasteiger partial charge is 0.472 e. The SMILES string of the molecule is CCCNC(c1ccoc1)C1CCC(C(F)(F)F)CC1. The molecule has 0 radical (unpaired) electrons. The van der Waals surface area contributed by atoms with E-state index in [4.69, 9.17) is 4.42 Å². The summed E-state index contributed by atoms with van der Waals surface area (Å²) in [6, 6.07) is 2.02. The van der Waals surface area contributed by atoms with Crippen LogP contribution in [0.3, 0.4) is 0 Å². The second kappa shape index (κ2) is 6.66. The molecule has 0 saturated heterocycles. The summed E-state index contributed by atoms with van der Waals surface area (Å²) in [4.78, 5) is 0. The Morgan fingerprint density at radius 3 is 2.50 bits per heavy atom. The second-order valence-electron chi connectivity index (χ2n) is 5.64. The van der Waals surface area contributed by atoms with Crippen molar-refractivity contribution in [2.45, 2.75) is 51.2 Å². The third-order valence-corrected chi connectivity index (χ3v) is 4.22. The molecule has 0 aliphatic heterocycles. The number of nitrogens with one attached hydrogen (secondary N) is 1. The molecule has 5 heteroatoms. The van der Waals surface area contributed by atoms with Crippen LogP contribution in [0.25, 0.3) is 0 Å². The zero-order chi connectivity index (χ0) is 14.6. The number of hydrogen-bond acceptors (Lipinski definition) is 2. The lowest BCUT2D eigenvalue weighted by molar-refractivity contribution is -0.184. The van der Waals surface area contributed by atoms with Gasteiger partial charge in [-0.2, -0.15) is 13.2 Å². The molecule has 114 valence electrons. The first-order valence-electron chi connectivity index (χ1n) is 7.34. The quantitative estimate of drug-likeness (QED) is 0.850. The van der Waals surface area contributed by atoms with Gasteiger partial charge in [-0.25, -0.2) is 0 Å². The highest BCUT2D eigenvalue weighted by Crippen LogP contribution is 2.43. The van der Waals surface area contributed by atoms with Crippen LogP contribution in [0, 0.1) is 11.8 Å². The van der Waals surface area contributed by atoms with Gasteiger partial charge in [-0.1, -0.05) is 6.92 Å². The Balaban J connectivity index is 1.98. The van der Waals surface area contributed by atoms with Crippen LogP contribution >= 0.6 is 0 Å². The molecule has 0 amide bonds. The highest BCUT2D eigenvalue weighted by molar-refractivity contribution is 5.13. The van der Waals surface area contributed by atoms with Crippen LogP contribution in [0.1, 0.15) is 50.6 Å². The van der Waals surface area contributed by atoms with Gasteiger partial charge in [-0.3, -0.25) is 0 Å². The summed E-state index contributed by atoms with van der Waals surface area (Å²) in [5.74, 6) is -0.854. The van der Waals surface area contributed by atoms with Gasteiger partial charge in [0, 0.05) is 11.6 Å². The normalized spacial score (nSPS) is 25.6. The zero-order valence-corrected chi connectivity index (χ0v) is 11.7. The molecule has 0 aromatic carbocycles. The van der Waals surface area contributed by atoms with Crippen molar-refractivity contribution in [2.24, 2.45) is 11.8 Å². The molecule has 2 rings (SSSR count). The molecule has 1 aromatic rings. The third-order valence-electron chi connectivity index (χ3n) is 4.22. The van der Waals surface area contributed by atoms with Crippen molar-refractivity contribution < 1.29 is 17.6 Å². The van der Waals surface area contributed by atoms with Crippen molar-refractivity contribution >= 4 is 0 Å². The van der Waals surface area contributed by atoms with Gasteiger partial charge in [0.2, 0.25) is 0 Å². The lowest BCUT2D eigenvalue weighted by atomic mass is 9.77. The lowest BCUT2D eigenvalue weighted by Gasteiger charge is -2.34. The monoisotopic (exact) mass is 289 g/mol.